The molecule has 0 amide bonds. The maximum atomic E-state index is 13.2. The van der Waals surface area contributed by atoms with E-state index in [1.165, 1.54) is 6.07 Å². The molecule has 2 heterocycles. The van der Waals surface area contributed by atoms with E-state index < -0.39 is 0 Å². The van der Waals surface area contributed by atoms with Crippen molar-refractivity contribution in [3.8, 4) is 0 Å². The van der Waals surface area contributed by atoms with Crippen LogP contribution in [0, 0.1) is 5.82 Å². The van der Waals surface area contributed by atoms with Crippen molar-refractivity contribution in [3.05, 3.63) is 53.6 Å². The Kier molecular flexibility index (Phi) is 4.40. The average Bonchev–Trinajstić information content (AvgIpc) is 2.77. The lowest BCUT2D eigenvalue weighted by molar-refractivity contribution is 0.626. The third-order valence-corrected chi connectivity index (χ3v) is 3.60. The number of hydrogen-bond donors (Lipinski definition) is 1. The molecule has 4 nitrogen and oxygen atoms in total. The molecule has 0 unspecified atom stereocenters. The van der Waals surface area contributed by atoms with Crippen LogP contribution in [0.5, 0.6) is 0 Å². The topological polar surface area (TPSA) is 41.1 Å². The fourth-order valence-electron chi connectivity index (χ4n) is 2.54. The van der Waals surface area contributed by atoms with Crippen molar-refractivity contribution in [3.63, 3.8) is 0 Å². The van der Waals surface area contributed by atoms with Gasteiger partial charge in [-0.2, -0.15) is 0 Å². The van der Waals surface area contributed by atoms with Crippen molar-refractivity contribution >= 4 is 5.95 Å². The molecule has 1 N–H and O–H groups in total. The lowest BCUT2D eigenvalue weighted by atomic mass is 10.1. The minimum Gasteiger partial charge on any atom is -0.339 e. The van der Waals surface area contributed by atoms with Gasteiger partial charge in [0, 0.05) is 32.3 Å². The number of anilines is 1. The molecular formula is C16H19FN4. The first-order valence-corrected chi connectivity index (χ1v) is 7.33. The summed E-state index contributed by atoms with van der Waals surface area (Å²) in [5, 5.41) is 3.37. The second-order valence-corrected chi connectivity index (χ2v) is 5.25. The highest BCUT2D eigenvalue weighted by atomic mass is 19.1. The predicted molar refractivity (Wildman–Crippen MR) is 80.9 cm³/mol. The van der Waals surface area contributed by atoms with Crippen molar-refractivity contribution in [1.29, 1.82) is 0 Å². The van der Waals surface area contributed by atoms with Crippen LogP contribution in [0.15, 0.2) is 36.5 Å². The third kappa shape index (κ3) is 3.76. The molecular weight excluding hydrogens is 267 g/mol. The van der Waals surface area contributed by atoms with Crippen molar-refractivity contribution < 1.29 is 4.39 Å². The van der Waals surface area contributed by atoms with E-state index >= 15 is 0 Å². The molecule has 1 aliphatic heterocycles. The maximum absolute atomic E-state index is 13.2. The second kappa shape index (κ2) is 6.63. The number of rotatable bonds is 3. The van der Waals surface area contributed by atoms with Gasteiger partial charge in [-0.15, -0.1) is 0 Å². The summed E-state index contributed by atoms with van der Waals surface area (Å²) in [5.74, 6) is 0.563. The predicted octanol–water partition coefficient (Wildman–Crippen LogP) is 2.01. The lowest BCUT2D eigenvalue weighted by Gasteiger charge is -2.20. The smallest absolute Gasteiger partial charge is 0.225 e. The molecule has 0 bridgehead atoms. The Morgan fingerprint density at radius 1 is 1.19 bits per heavy atom. The second-order valence-electron chi connectivity index (χ2n) is 5.25. The number of nitrogens with zero attached hydrogens (tertiary/aromatic N) is 3. The molecule has 3 rings (SSSR count). The van der Waals surface area contributed by atoms with Crippen LogP contribution in [0.3, 0.4) is 0 Å². The molecule has 2 aromatic rings. The van der Waals surface area contributed by atoms with E-state index in [9.17, 15) is 4.39 Å². The molecule has 110 valence electrons. The standard InChI is InChI=1S/C16H19FN4/c17-14-4-1-3-13(11-14)12-15-5-7-19-16(20-15)21-9-2-6-18-8-10-21/h1,3-5,7,11,18H,2,6,8-10,12H2. The first-order valence-electron chi connectivity index (χ1n) is 7.33. The summed E-state index contributed by atoms with van der Waals surface area (Å²) in [5.41, 5.74) is 1.85. The fraction of sp³-hybridized carbons (Fsp3) is 0.375. The van der Waals surface area contributed by atoms with Crippen LogP contribution in [0.1, 0.15) is 17.7 Å². The number of hydrogen-bond acceptors (Lipinski definition) is 4. The summed E-state index contributed by atoms with van der Waals surface area (Å²) < 4.78 is 13.2. The summed E-state index contributed by atoms with van der Waals surface area (Å²) in [6.45, 7) is 3.89. The zero-order valence-electron chi connectivity index (χ0n) is 11.9. The van der Waals surface area contributed by atoms with E-state index in [4.69, 9.17) is 0 Å². The molecule has 1 saturated heterocycles. The largest absolute Gasteiger partial charge is 0.339 e. The average molecular weight is 286 g/mol. The Hall–Kier alpha value is -2.01. The van der Waals surface area contributed by atoms with Gasteiger partial charge in [0.2, 0.25) is 5.95 Å². The quantitative estimate of drug-likeness (QED) is 0.937. The maximum Gasteiger partial charge on any atom is 0.225 e. The summed E-state index contributed by atoms with van der Waals surface area (Å²) in [6.07, 6.45) is 3.51. The molecule has 1 aromatic carbocycles. The van der Waals surface area contributed by atoms with Crippen LogP contribution in [0.4, 0.5) is 10.3 Å². The van der Waals surface area contributed by atoms with Crippen molar-refractivity contribution in [2.45, 2.75) is 12.8 Å². The molecule has 0 aliphatic carbocycles. The van der Waals surface area contributed by atoms with E-state index in [0.29, 0.717) is 6.42 Å². The van der Waals surface area contributed by atoms with Crippen LogP contribution < -0.4 is 10.2 Å². The lowest BCUT2D eigenvalue weighted by Crippen LogP contribution is -2.29. The summed E-state index contributed by atoms with van der Waals surface area (Å²) in [7, 11) is 0. The third-order valence-electron chi connectivity index (χ3n) is 3.60. The zero-order chi connectivity index (χ0) is 14.5. The number of halogens is 1. The Balaban J connectivity index is 1.76. The Morgan fingerprint density at radius 3 is 3.05 bits per heavy atom. The van der Waals surface area contributed by atoms with Gasteiger partial charge in [0.05, 0.1) is 5.69 Å². The molecule has 0 saturated carbocycles. The highest BCUT2D eigenvalue weighted by Gasteiger charge is 2.12. The highest BCUT2D eigenvalue weighted by Crippen LogP contribution is 2.13. The van der Waals surface area contributed by atoms with Gasteiger partial charge in [-0.1, -0.05) is 12.1 Å². The molecule has 21 heavy (non-hydrogen) atoms. The van der Waals surface area contributed by atoms with Crippen molar-refractivity contribution in [2.75, 3.05) is 31.1 Å². The minimum atomic E-state index is -0.208. The van der Waals surface area contributed by atoms with Crippen molar-refractivity contribution in [2.24, 2.45) is 0 Å². The zero-order valence-corrected chi connectivity index (χ0v) is 11.9. The summed E-state index contributed by atoms with van der Waals surface area (Å²) in [6, 6.07) is 8.55. The number of nitrogens with one attached hydrogen (secondary N) is 1. The SMILES string of the molecule is Fc1cccc(Cc2ccnc(N3CCCNCC3)n2)c1. The van der Waals surface area contributed by atoms with E-state index in [2.05, 4.69) is 20.2 Å². The molecule has 5 heteroatoms. The van der Waals surface area contributed by atoms with Crippen molar-refractivity contribution in [1.82, 2.24) is 15.3 Å². The molecule has 0 radical (unpaired) electrons. The minimum absolute atomic E-state index is 0.208. The van der Waals surface area contributed by atoms with Gasteiger partial charge < -0.3 is 10.2 Å². The van der Waals surface area contributed by atoms with Gasteiger partial charge in [-0.25, -0.2) is 14.4 Å². The van der Waals surface area contributed by atoms with E-state index in [0.717, 1.165) is 49.8 Å². The van der Waals surface area contributed by atoms with Crippen LogP contribution in [-0.4, -0.2) is 36.1 Å². The van der Waals surface area contributed by atoms with E-state index in [-0.39, 0.29) is 5.82 Å². The van der Waals surface area contributed by atoms with Crippen LogP contribution in [-0.2, 0) is 6.42 Å². The number of aromatic nitrogens is 2. The van der Waals surface area contributed by atoms with Gasteiger partial charge in [-0.3, -0.25) is 0 Å². The van der Waals surface area contributed by atoms with Gasteiger partial charge >= 0.3 is 0 Å². The first-order chi connectivity index (χ1) is 10.3. The van der Waals surface area contributed by atoms with Gasteiger partial charge in [0.25, 0.3) is 0 Å². The first kappa shape index (κ1) is 13.9. The fourth-order valence-corrected chi connectivity index (χ4v) is 2.54. The molecule has 1 fully saturated rings. The highest BCUT2D eigenvalue weighted by molar-refractivity contribution is 5.32. The molecule has 1 aliphatic rings. The Bertz CT molecular complexity index is 594. The molecule has 1 aromatic heterocycles. The normalized spacial score (nSPS) is 15.8. The van der Waals surface area contributed by atoms with Gasteiger partial charge in [-0.05, 0) is 36.7 Å². The molecule has 0 spiro atoms. The van der Waals surface area contributed by atoms with Gasteiger partial charge in [0.1, 0.15) is 5.82 Å². The molecule has 0 atom stereocenters. The Morgan fingerprint density at radius 2 is 2.14 bits per heavy atom. The van der Waals surface area contributed by atoms with Gasteiger partial charge in [0.15, 0.2) is 0 Å². The summed E-state index contributed by atoms with van der Waals surface area (Å²) in [4.78, 5) is 11.2. The number of benzene rings is 1. The van der Waals surface area contributed by atoms with Crippen LogP contribution in [0.2, 0.25) is 0 Å². The van der Waals surface area contributed by atoms with Crippen LogP contribution >= 0.6 is 0 Å². The monoisotopic (exact) mass is 286 g/mol. The van der Waals surface area contributed by atoms with E-state index in [1.807, 2.05) is 12.1 Å². The summed E-state index contributed by atoms with van der Waals surface area (Å²) >= 11 is 0. The Labute approximate surface area is 124 Å². The van der Waals surface area contributed by atoms with Crippen LogP contribution in [0.25, 0.3) is 0 Å². The van der Waals surface area contributed by atoms with E-state index in [1.54, 1.807) is 18.3 Å².